The zero-order valence-corrected chi connectivity index (χ0v) is 10.6. The summed E-state index contributed by atoms with van der Waals surface area (Å²) in [5, 5.41) is 0.296. The molecular formula is C10H9ClN4O2S. The Morgan fingerprint density at radius 1 is 1.22 bits per heavy atom. The van der Waals surface area contributed by atoms with Crippen molar-refractivity contribution in [3.63, 3.8) is 0 Å². The van der Waals surface area contributed by atoms with E-state index in [0.29, 0.717) is 5.02 Å². The number of anilines is 2. The van der Waals surface area contributed by atoms with Gasteiger partial charge in [-0.15, -0.1) is 0 Å². The molecule has 0 radical (unpaired) electrons. The van der Waals surface area contributed by atoms with E-state index in [1.165, 1.54) is 30.6 Å². The summed E-state index contributed by atoms with van der Waals surface area (Å²) in [5.41, 5.74) is 5.74. The third-order valence-electron chi connectivity index (χ3n) is 2.07. The van der Waals surface area contributed by atoms with E-state index in [0.717, 1.165) is 0 Å². The Bertz CT molecular complexity index is 661. The maximum Gasteiger partial charge on any atom is 0.264 e. The highest BCUT2D eigenvalue weighted by molar-refractivity contribution is 7.92. The van der Waals surface area contributed by atoms with Gasteiger partial charge in [0.15, 0.2) is 0 Å². The predicted octanol–water partition coefficient (Wildman–Crippen LogP) is 1.51. The number of nitrogens with one attached hydrogen (secondary N) is 1. The van der Waals surface area contributed by atoms with Gasteiger partial charge in [-0.05, 0) is 24.3 Å². The highest BCUT2D eigenvalue weighted by Crippen LogP contribution is 2.23. The first-order valence-corrected chi connectivity index (χ1v) is 6.70. The lowest BCUT2D eigenvalue weighted by Crippen LogP contribution is -2.15. The quantitative estimate of drug-likeness (QED) is 0.833. The molecule has 1 aromatic heterocycles. The maximum absolute atomic E-state index is 12.0. The summed E-state index contributed by atoms with van der Waals surface area (Å²) in [4.78, 5) is 7.54. The van der Waals surface area contributed by atoms with Crippen LogP contribution in [-0.2, 0) is 10.0 Å². The van der Waals surface area contributed by atoms with Crippen LogP contribution in [0.4, 0.5) is 11.6 Å². The second-order valence-electron chi connectivity index (χ2n) is 3.36. The first-order valence-electron chi connectivity index (χ1n) is 4.84. The molecule has 6 nitrogen and oxygen atoms in total. The molecule has 3 N–H and O–H groups in total. The van der Waals surface area contributed by atoms with Crippen molar-refractivity contribution in [2.45, 2.75) is 4.90 Å². The van der Waals surface area contributed by atoms with E-state index in [2.05, 4.69) is 14.7 Å². The predicted molar refractivity (Wildman–Crippen MR) is 68.7 cm³/mol. The number of nitrogens with two attached hydrogens (primary N) is 1. The second-order valence-corrected chi connectivity index (χ2v) is 5.45. The summed E-state index contributed by atoms with van der Waals surface area (Å²) in [5.74, 6) is -0.00831. The van der Waals surface area contributed by atoms with Gasteiger partial charge in [0.1, 0.15) is 0 Å². The Morgan fingerprint density at radius 2 is 1.89 bits per heavy atom. The molecule has 0 aliphatic carbocycles. The van der Waals surface area contributed by atoms with E-state index < -0.39 is 10.0 Å². The van der Waals surface area contributed by atoms with Crippen molar-refractivity contribution in [3.8, 4) is 0 Å². The monoisotopic (exact) mass is 284 g/mol. The first-order chi connectivity index (χ1) is 8.49. The minimum absolute atomic E-state index is 0.00291. The third-order valence-corrected chi connectivity index (χ3v) is 3.74. The number of nitrogen functional groups attached to an aromatic ring is 1. The van der Waals surface area contributed by atoms with E-state index in [9.17, 15) is 8.42 Å². The topological polar surface area (TPSA) is 98.0 Å². The number of nitrogens with zero attached hydrogens (tertiary/aromatic N) is 2. The lowest BCUT2D eigenvalue weighted by atomic mass is 10.3. The summed E-state index contributed by atoms with van der Waals surface area (Å²) < 4.78 is 26.2. The van der Waals surface area contributed by atoms with Crippen LogP contribution in [-0.4, -0.2) is 18.4 Å². The van der Waals surface area contributed by atoms with Gasteiger partial charge in [0.25, 0.3) is 10.0 Å². The van der Waals surface area contributed by atoms with Gasteiger partial charge in [0.2, 0.25) is 5.95 Å². The van der Waals surface area contributed by atoms with Crippen LogP contribution in [0.5, 0.6) is 0 Å². The van der Waals surface area contributed by atoms with Crippen molar-refractivity contribution in [2.24, 2.45) is 0 Å². The lowest BCUT2D eigenvalue weighted by molar-refractivity contribution is 0.601. The molecule has 1 heterocycles. The fourth-order valence-corrected chi connectivity index (χ4v) is 2.33. The fourth-order valence-electron chi connectivity index (χ4n) is 1.22. The van der Waals surface area contributed by atoms with Gasteiger partial charge in [-0.1, -0.05) is 11.6 Å². The van der Waals surface area contributed by atoms with Crippen molar-refractivity contribution in [1.82, 2.24) is 9.97 Å². The van der Waals surface area contributed by atoms with Crippen LogP contribution >= 0.6 is 11.6 Å². The van der Waals surface area contributed by atoms with Crippen molar-refractivity contribution >= 4 is 33.3 Å². The molecular weight excluding hydrogens is 276 g/mol. The van der Waals surface area contributed by atoms with E-state index in [-0.39, 0.29) is 16.5 Å². The summed E-state index contributed by atoms with van der Waals surface area (Å²) in [6.07, 6.45) is 2.86. The molecule has 0 bridgehead atoms. The number of rotatable bonds is 3. The molecule has 0 saturated heterocycles. The molecule has 0 aliphatic heterocycles. The van der Waals surface area contributed by atoms with Gasteiger partial charge in [0, 0.05) is 12.4 Å². The third kappa shape index (κ3) is 2.69. The Balaban J connectivity index is 2.34. The smallest absolute Gasteiger partial charge is 0.264 e. The van der Waals surface area contributed by atoms with E-state index in [1.54, 1.807) is 6.07 Å². The summed E-state index contributed by atoms with van der Waals surface area (Å²) in [6, 6.07) is 5.62. The molecule has 1 aromatic carbocycles. The Hall–Kier alpha value is -1.86. The number of sulfonamides is 1. The van der Waals surface area contributed by atoms with Gasteiger partial charge in [-0.3, -0.25) is 0 Å². The molecule has 0 fully saturated rings. The van der Waals surface area contributed by atoms with E-state index >= 15 is 0 Å². The molecule has 2 rings (SSSR count). The van der Waals surface area contributed by atoms with Crippen LogP contribution in [0.3, 0.4) is 0 Å². The zero-order chi connectivity index (χ0) is 13.2. The SMILES string of the molecule is Nc1cc(S(=O)(=O)Nc2ncccn2)ccc1Cl. The minimum atomic E-state index is -3.77. The van der Waals surface area contributed by atoms with Gasteiger partial charge in [-0.2, -0.15) is 0 Å². The van der Waals surface area contributed by atoms with Crippen molar-refractivity contribution in [2.75, 3.05) is 10.5 Å². The molecule has 0 spiro atoms. The number of halogens is 1. The van der Waals surface area contributed by atoms with E-state index in [4.69, 9.17) is 17.3 Å². The van der Waals surface area contributed by atoms with E-state index in [1.807, 2.05) is 0 Å². The molecule has 18 heavy (non-hydrogen) atoms. The van der Waals surface area contributed by atoms with Gasteiger partial charge >= 0.3 is 0 Å². The highest BCUT2D eigenvalue weighted by atomic mass is 35.5. The van der Waals surface area contributed by atoms with Gasteiger partial charge in [-0.25, -0.2) is 23.1 Å². The van der Waals surface area contributed by atoms with Crippen LogP contribution in [0.15, 0.2) is 41.6 Å². The second kappa shape index (κ2) is 4.79. The fraction of sp³-hybridized carbons (Fsp3) is 0. The molecule has 94 valence electrons. The average molecular weight is 285 g/mol. The normalized spacial score (nSPS) is 11.2. The first kappa shape index (κ1) is 12.6. The van der Waals surface area contributed by atoms with Crippen LogP contribution < -0.4 is 10.5 Å². The van der Waals surface area contributed by atoms with Crippen LogP contribution in [0.25, 0.3) is 0 Å². The van der Waals surface area contributed by atoms with Crippen molar-refractivity contribution < 1.29 is 8.42 Å². The number of hydrogen-bond acceptors (Lipinski definition) is 5. The highest BCUT2D eigenvalue weighted by Gasteiger charge is 2.16. The Labute approximate surface area is 109 Å². The molecule has 0 unspecified atom stereocenters. The van der Waals surface area contributed by atoms with Crippen LogP contribution in [0.1, 0.15) is 0 Å². The number of aromatic nitrogens is 2. The molecule has 0 aliphatic rings. The Kier molecular flexibility index (Phi) is 3.35. The molecule has 2 aromatic rings. The lowest BCUT2D eigenvalue weighted by Gasteiger charge is -2.07. The minimum Gasteiger partial charge on any atom is -0.397 e. The molecule has 8 heteroatoms. The number of hydrogen-bond donors (Lipinski definition) is 2. The largest absolute Gasteiger partial charge is 0.397 e. The molecule has 0 amide bonds. The van der Waals surface area contributed by atoms with Crippen molar-refractivity contribution in [1.29, 1.82) is 0 Å². The van der Waals surface area contributed by atoms with Crippen molar-refractivity contribution in [3.05, 3.63) is 41.7 Å². The average Bonchev–Trinajstić information content (AvgIpc) is 2.33. The standard InChI is InChI=1S/C10H9ClN4O2S/c11-8-3-2-7(6-9(8)12)18(16,17)15-10-13-4-1-5-14-10/h1-6H,12H2,(H,13,14,15). The summed E-state index contributed by atoms with van der Waals surface area (Å²) >= 11 is 5.73. The zero-order valence-electron chi connectivity index (χ0n) is 9.04. The Morgan fingerprint density at radius 3 is 2.50 bits per heavy atom. The van der Waals surface area contributed by atoms with Gasteiger partial charge < -0.3 is 5.73 Å². The maximum atomic E-state index is 12.0. The number of benzene rings is 1. The molecule has 0 atom stereocenters. The molecule has 0 saturated carbocycles. The summed E-state index contributed by atoms with van der Waals surface area (Å²) in [7, 11) is -3.77. The summed E-state index contributed by atoms with van der Waals surface area (Å²) in [6.45, 7) is 0. The van der Waals surface area contributed by atoms with Crippen LogP contribution in [0.2, 0.25) is 5.02 Å². The van der Waals surface area contributed by atoms with Crippen LogP contribution in [0, 0.1) is 0 Å². The van der Waals surface area contributed by atoms with Gasteiger partial charge in [0.05, 0.1) is 15.6 Å².